The Kier molecular flexibility index (Phi) is 10.3. The third-order valence-corrected chi connectivity index (χ3v) is 8.31. The second-order valence-electron chi connectivity index (χ2n) is 9.93. The van der Waals surface area contributed by atoms with E-state index >= 15 is 0 Å². The molecule has 0 aromatic heterocycles. The normalized spacial score (nSPS) is 17.3. The number of ether oxygens (including phenoxy) is 1. The van der Waals surface area contributed by atoms with Crippen molar-refractivity contribution in [1.82, 2.24) is 9.80 Å². The van der Waals surface area contributed by atoms with Gasteiger partial charge in [0, 0.05) is 55.5 Å². The van der Waals surface area contributed by atoms with Gasteiger partial charge in [0.25, 0.3) is 0 Å². The number of fused-ring (bicyclic) bond motifs is 2. The van der Waals surface area contributed by atoms with Crippen LogP contribution >= 0.6 is 11.8 Å². The Morgan fingerprint density at radius 3 is 2.39 bits per heavy atom. The van der Waals surface area contributed by atoms with Crippen LogP contribution in [0.1, 0.15) is 62.1 Å². The van der Waals surface area contributed by atoms with Gasteiger partial charge in [-0.05, 0) is 53.8 Å². The van der Waals surface area contributed by atoms with Crippen LogP contribution in [0.25, 0.3) is 5.57 Å². The van der Waals surface area contributed by atoms with Crippen molar-refractivity contribution < 1.29 is 22.7 Å². The molecule has 0 radical (unpaired) electrons. The minimum Gasteiger partial charge on any atom is -0.464 e. The van der Waals surface area contributed by atoms with Crippen LogP contribution in [0.15, 0.2) is 58.3 Å². The topological polar surface area (TPSA) is 32.8 Å². The second-order valence-corrected chi connectivity index (χ2v) is 11.0. The molecule has 2 heterocycles. The molecule has 1 saturated heterocycles. The molecule has 2 aliphatic rings. The van der Waals surface area contributed by atoms with Crippen molar-refractivity contribution >= 4 is 23.3 Å². The average Bonchev–Trinajstić information content (AvgIpc) is 2.91. The predicted octanol–water partition coefficient (Wildman–Crippen LogP) is 7.12. The Bertz CT molecular complexity index is 1110. The molecule has 206 valence electrons. The zero-order chi connectivity index (χ0) is 27.0. The van der Waals surface area contributed by atoms with Crippen LogP contribution in [0.2, 0.25) is 0 Å². The van der Waals surface area contributed by atoms with E-state index in [0.717, 1.165) is 92.3 Å². The van der Waals surface area contributed by atoms with Crippen LogP contribution in [-0.4, -0.2) is 61.6 Å². The fourth-order valence-electron chi connectivity index (χ4n) is 4.95. The number of piperazine rings is 1. The zero-order valence-electron chi connectivity index (χ0n) is 22.1. The Balaban J connectivity index is 1.28. The summed E-state index contributed by atoms with van der Waals surface area (Å²) >= 11 is 1.53. The van der Waals surface area contributed by atoms with E-state index in [1.807, 2.05) is 24.3 Å². The standard InChI is InChI=1S/C30H37F3N2O2S/c1-2-3-4-5-12-29(36)37-21-20-35-18-16-34(17-19-35)15-8-10-24-25-9-6-7-11-27(25)38-28-14-13-23(22-26(24)28)30(31,32)33/h6-7,9-11,13-14,22H,2-5,8,12,15-21H2,1H3/b24-10+. The largest absolute Gasteiger partial charge is 0.464 e. The summed E-state index contributed by atoms with van der Waals surface area (Å²) in [6, 6.07) is 12.0. The van der Waals surface area contributed by atoms with Crippen LogP contribution in [0.3, 0.4) is 0 Å². The summed E-state index contributed by atoms with van der Waals surface area (Å²) in [5, 5.41) is 0. The number of halogens is 3. The molecular weight excluding hydrogens is 509 g/mol. The quantitative estimate of drug-likeness (QED) is 0.189. The molecule has 4 nitrogen and oxygen atoms in total. The third kappa shape index (κ3) is 7.87. The van der Waals surface area contributed by atoms with Gasteiger partial charge < -0.3 is 9.64 Å². The minimum atomic E-state index is -4.37. The number of esters is 1. The predicted molar refractivity (Wildman–Crippen MR) is 146 cm³/mol. The first kappa shape index (κ1) is 28.7. The van der Waals surface area contributed by atoms with E-state index in [0.29, 0.717) is 18.6 Å². The van der Waals surface area contributed by atoms with Crippen LogP contribution in [0, 0.1) is 0 Å². The molecule has 0 aliphatic carbocycles. The molecule has 0 unspecified atom stereocenters. The SMILES string of the molecule is CCCCCCC(=O)OCCN1CCN(CC/C=C2\c3ccccc3Sc3ccc(C(F)(F)F)cc32)CC1. The fraction of sp³-hybridized carbons (Fsp3) is 0.500. The lowest BCUT2D eigenvalue weighted by Crippen LogP contribution is -2.47. The Hall–Kier alpha value is -2.29. The minimum absolute atomic E-state index is 0.0978. The van der Waals surface area contributed by atoms with Gasteiger partial charge in [-0.15, -0.1) is 0 Å². The van der Waals surface area contributed by atoms with Gasteiger partial charge in [-0.3, -0.25) is 9.69 Å². The van der Waals surface area contributed by atoms with Crippen LogP contribution < -0.4 is 0 Å². The number of carbonyl (C=O) groups excluding carboxylic acids is 1. The lowest BCUT2D eigenvalue weighted by atomic mass is 9.94. The monoisotopic (exact) mass is 546 g/mol. The average molecular weight is 547 g/mol. The summed E-state index contributed by atoms with van der Waals surface area (Å²) in [5.74, 6) is -0.0978. The summed E-state index contributed by atoms with van der Waals surface area (Å²) in [6.07, 6.45) is 3.31. The Labute approximate surface area is 228 Å². The van der Waals surface area contributed by atoms with Crippen molar-refractivity contribution in [3.8, 4) is 0 Å². The number of rotatable bonds is 11. The molecule has 0 saturated carbocycles. The summed E-state index contributed by atoms with van der Waals surface area (Å²) in [4.78, 5) is 18.5. The third-order valence-electron chi connectivity index (χ3n) is 7.16. The van der Waals surface area contributed by atoms with Crippen molar-refractivity contribution in [2.45, 2.75) is 61.4 Å². The van der Waals surface area contributed by atoms with Crippen molar-refractivity contribution in [3.05, 3.63) is 65.2 Å². The van der Waals surface area contributed by atoms with Crippen LogP contribution in [0.5, 0.6) is 0 Å². The van der Waals surface area contributed by atoms with Crippen molar-refractivity contribution in [3.63, 3.8) is 0 Å². The summed E-state index contributed by atoms with van der Waals surface area (Å²) in [6.45, 7) is 7.89. The first-order chi connectivity index (χ1) is 18.3. The molecule has 2 aliphatic heterocycles. The van der Waals surface area contributed by atoms with Gasteiger partial charge in [0.05, 0.1) is 5.56 Å². The molecule has 2 aromatic rings. The molecule has 0 bridgehead atoms. The van der Waals surface area contributed by atoms with Crippen molar-refractivity contribution in [2.75, 3.05) is 45.9 Å². The summed E-state index contributed by atoms with van der Waals surface area (Å²) in [7, 11) is 0. The van der Waals surface area contributed by atoms with Crippen molar-refractivity contribution in [1.29, 1.82) is 0 Å². The molecular formula is C30H37F3N2O2S. The number of carbonyl (C=O) groups is 1. The Morgan fingerprint density at radius 1 is 0.947 bits per heavy atom. The molecule has 8 heteroatoms. The maximum atomic E-state index is 13.4. The highest BCUT2D eigenvalue weighted by Gasteiger charge is 2.32. The van der Waals surface area contributed by atoms with Crippen molar-refractivity contribution in [2.24, 2.45) is 0 Å². The fourth-order valence-corrected chi connectivity index (χ4v) is 6.04. The van der Waals surface area contributed by atoms with E-state index in [4.69, 9.17) is 4.74 Å². The number of alkyl halides is 3. The molecule has 1 fully saturated rings. The van der Waals surface area contributed by atoms with Gasteiger partial charge in [-0.1, -0.05) is 62.2 Å². The number of nitrogens with zero attached hydrogens (tertiary/aromatic N) is 2. The van der Waals surface area contributed by atoms with Gasteiger partial charge in [0.1, 0.15) is 6.61 Å². The lowest BCUT2D eigenvalue weighted by Gasteiger charge is -2.34. The molecule has 0 amide bonds. The molecule has 2 aromatic carbocycles. The number of hydrogen-bond acceptors (Lipinski definition) is 5. The van der Waals surface area contributed by atoms with E-state index in [9.17, 15) is 18.0 Å². The Morgan fingerprint density at radius 2 is 1.66 bits per heavy atom. The molecule has 4 rings (SSSR count). The van der Waals surface area contributed by atoms with E-state index < -0.39 is 11.7 Å². The van der Waals surface area contributed by atoms with E-state index in [1.54, 1.807) is 6.07 Å². The number of benzene rings is 2. The first-order valence-corrected chi connectivity index (χ1v) is 14.5. The summed E-state index contributed by atoms with van der Waals surface area (Å²) in [5.41, 5.74) is 1.93. The van der Waals surface area contributed by atoms with E-state index in [2.05, 4.69) is 22.8 Å². The maximum absolute atomic E-state index is 13.4. The van der Waals surface area contributed by atoms with Gasteiger partial charge in [-0.25, -0.2) is 0 Å². The zero-order valence-corrected chi connectivity index (χ0v) is 22.9. The van der Waals surface area contributed by atoms with Crippen LogP contribution in [0.4, 0.5) is 13.2 Å². The highest BCUT2D eigenvalue weighted by Crippen LogP contribution is 2.47. The first-order valence-electron chi connectivity index (χ1n) is 13.6. The summed E-state index contributed by atoms with van der Waals surface area (Å²) < 4.78 is 45.7. The maximum Gasteiger partial charge on any atom is 0.416 e. The van der Waals surface area contributed by atoms with E-state index in [-0.39, 0.29) is 5.97 Å². The molecule has 38 heavy (non-hydrogen) atoms. The highest BCUT2D eigenvalue weighted by atomic mass is 32.2. The van der Waals surface area contributed by atoms with Gasteiger partial charge in [0.15, 0.2) is 0 Å². The van der Waals surface area contributed by atoms with Crippen LogP contribution in [-0.2, 0) is 15.7 Å². The number of unbranched alkanes of at least 4 members (excludes halogenated alkanes) is 3. The molecule has 0 N–H and O–H groups in total. The molecule has 0 spiro atoms. The molecule has 0 atom stereocenters. The smallest absolute Gasteiger partial charge is 0.416 e. The lowest BCUT2D eigenvalue weighted by molar-refractivity contribution is -0.144. The van der Waals surface area contributed by atoms with Gasteiger partial charge in [-0.2, -0.15) is 13.2 Å². The number of hydrogen-bond donors (Lipinski definition) is 0. The van der Waals surface area contributed by atoms with Gasteiger partial charge >= 0.3 is 12.1 Å². The highest BCUT2D eigenvalue weighted by molar-refractivity contribution is 7.99. The van der Waals surface area contributed by atoms with Gasteiger partial charge in [0.2, 0.25) is 0 Å². The second kappa shape index (κ2) is 13.7. The van der Waals surface area contributed by atoms with E-state index in [1.165, 1.54) is 23.9 Å².